The van der Waals surface area contributed by atoms with Crippen LogP contribution in [0.1, 0.15) is 15.9 Å². The molecule has 0 radical (unpaired) electrons. The molecule has 1 aliphatic rings. The Kier molecular flexibility index (Phi) is 3.02. The summed E-state index contributed by atoms with van der Waals surface area (Å²) in [4.78, 5) is 12.5. The molecule has 0 saturated carbocycles. The fraction of sp³-hybridized carbons (Fsp3) is 0.200. The van der Waals surface area contributed by atoms with Gasteiger partial charge in [-0.3, -0.25) is 9.48 Å². The Bertz CT molecular complexity index is 701. The minimum atomic E-state index is -0.0333. The van der Waals surface area contributed by atoms with Crippen LogP contribution in [-0.2, 0) is 7.05 Å². The SMILES string of the molecule is COc1ccc2c(c1)C(=O)/C(=C\c1cnn(C)c1)CO2. The molecule has 0 atom stereocenters. The summed E-state index contributed by atoms with van der Waals surface area (Å²) in [7, 11) is 3.41. The lowest BCUT2D eigenvalue weighted by Crippen LogP contribution is -2.19. The Morgan fingerprint density at radius 3 is 3.00 bits per heavy atom. The van der Waals surface area contributed by atoms with Gasteiger partial charge in [-0.15, -0.1) is 0 Å². The number of aromatic nitrogens is 2. The van der Waals surface area contributed by atoms with E-state index in [0.29, 0.717) is 22.6 Å². The second-order valence-corrected chi connectivity index (χ2v) is 4.60. The zero-order valence-corrected chi connectivity index (χ0v) is 11.3. The van der Waals surface area contributed by atoms with Crippen LogP contribution < -0.4 is 9.47 Å². The fourth-order valence-electron chi connectivity index (χ4n) is 2.16. The van der Waals surface area contributed by atoms with Crippen LogP contribution in [0.15, 0.2) is 36.2 Å². The predicted molar refractivity (Wildman–Crippen MR) is 74.0 cm³/mol. The van der Waals surface area contributed by atoms with Crippen LogP contribution in [0.5, 0.6) is 11.5 Å². The summed E-state index contributed by atoms with van der Waals surface area (Å²) in [5.74, 6) is 1.21. The summed E-state index contributed by atoms with van der Waals surface area (Å²) in [6.07, 6.45) is 5.36. The molecule has 0 amide bonds. The first-order chi connectivity index (χ1) is 9.67. The summed E-state index contributed by atoms with van der Waals surface area (Å²) in [6, 6.07) is 5.24. The molecule has 5 heteroatoms. The van der Waals surface area contributed by atoms with Crippen LogP contribution in [0.25, 0.3) is 6.08 Å². The Morgan fingerprint density at radius 1 is 1.45 bits per heavy atom. The average molecular weight is 270 g/mol. The van der Waals surface area contributed by atoms with Crippen LogP contribution in [-0.4, -0.2) is 29.3 Å². The summed E-state index contributed by atoms with van der Waals surface area (Å²) in [5.41, 5.74) is 2.02. The van der Waals surface area contributed by atoms with Crippen molar-refractivity contribution in [2.45, 2.75) is 0 Å². The molecular weight excluding hydrogens is 256 g/mol. The van der Waals surface area contributed by atoms with E-state index in [-0.39, 0.29) is 12.4 Å². The first kappa shape index (κ1) is 12.5. The van der Waals surface area contributed by atoms with Crippen molar-refractivity contribution in [1.29, 1.82) is 0 Å². The topological polar surface area (TPSA) is 53.3 Å². The molecule has 102 valence electrons. The maximum atomic E-state index is 12.5. The number of rotatable bonds is 2. The molecule has 1 aromatic carbocycles. The number of nitrogens with zero attached hydrogens (tertiary/aromatic N) is 2. The quantitative estimate of drug-likeness (QED) is 0.784. The number of methoxy groups -OCH3 is 1. The van der Waals surface area contributed by atoms with E-state index >= 15 is 0 Å². The van der Waals surface area contributed by atoms with Crippen molar-refractivity contribution in [1.82, 2.24) is 9.78 Å². The van der Waals surface area contributed by atoms with Gasteiger partial charge >= 0.3 is 0 Å². The summed E-state index contributed by atoms with van der Waals surface area (Å²) < 4.78 is 12.4. The van der Waals surface area contributed by atoms with Gasteiger partial charge < -0.3 is 9.47 Å². The fourth-order valence-corrected chi connectivity index (χ4v) is 2.16. The van der Waals surface area contributed by atoms with Crippen LogP contribution in [0.3, 0.4) is 0 Å². The first-order valence-corrected chi connectivity index (χ1v) is 6.22. The molecule has 0 bridgehead atoms. The van der Waals surface area contributed by atoms with Crippen molar-refractivity contribution in [3.63, 3.8) is 0 Å². The highest BCUT2D eigenvalue weighted by atomic mass is 16.5. The number of fused-ring (bicyclic) bond motifs is 1. The van der Waals surface area contributed by atoms with Gasteiger partial charge in [-0.2, -0.15) is 5.10 Å². The molecule has 2 aromatic rings. The van der Waals surface area contributed by atoms with E-state index in [1.165, 1.54) is 0 Å². The van der Waals surface area contributed by atoms with Gasteiger partial charge in [0.1, 0.15) is 18.1 Å². The molecule has 20 heavy (non-hydrogen) atoms. The van der Waals surface area contributed by atoms with Crippen molar-refractivity contribution < 1.29 is 14.3 Å². The van der Waals surface area contributed by atoms with Crippen molar-refractivity contribution in [2.24, 2.45) is 7.05 Å². The highest BCUT2D eigenvalue weighted by molar-refractivity contribution is 6.14. The molecule has 1 aromatic heterocycles. The van der Waals surface area contributed by atoms with Crippen LogP contribution in [0.4, 0.5) is 0 Å². The van der Waals surface area contributed by atoms with Crippen molar-refractivity contribution in [3.8, 4) is 11.5 Å². The Labute approximate surface area is 116 Å². The third-order valence-corrected chi connectivity index (χ3v) is 3.17. The molecule has 2 heterocycles. The molecule has 3 rings (SSSR count). The number of ether oxygens (including phenoxy) is 2. The third-order valence-electron chi connectivity index (χ3n) is 3.17. The summed E-state index contributed by atoms with van der Waals surface area (Å²) in [5, 5.41) is 4.08. The van der Waals surface area contributed by atoms with Gasteiger partial charge in [0, 0.05) is 24.4 Å². The van der Waals surface area contributed by atoms with Gasteiger partial charge in [0.2, 0.25) is 0 Å². The van der Waals surface area contributed by atoms with Crippen LogP contribution >= 0.6 is 0 Å². The molecule has 0 fully saturated rings. The molecule has 0 saturated heterocycles. The maximum Gasteiger partial charge on any atom is 0.196 e. The van der Waals surface area contributed by atoms with E-state index in [0.717, 1.165) is 5.56 Å². The van der Waals surface area contributed by atoms with Gasteiger partial charge in [-0.1, -0.05) is 0 Å². The summed E-state index contributed by atoms with van der Waals surface area (Å²) in [6.45, 7) is 0.271. The Hall–Kier alpha value is -2.56. The molecule has 0 aliphatic carbocycles. The van der Waals surface area contributed by atoms with Crippen molar-refractivity contribution in [3.05, 3.63) is 47.3 Å². The predicted octanol–water partition coefficient (Wildman–Crippen LogP) is 2.09. The number of benzene rings is 1. The highest BCUT2D eigenvalue weighted by Gasteiger charge is 2.24. The minimum absolute atomic E-state index is 0.0333. The number of aryl methyl sites for hydroxylation is 1. The molecule has 1 aliphatic heterocycles. The lowest BCUT2D eigenvalue weighted by Gasteiger charge is -2.19. The van der Waals surface area contributed by atoms with Crippen LogP contribution in [0, 0.1) is 0 Å². The van der Waals surface area contributed by atoms with E-state index < -0.39 is 0 Å². The van der Waals surface area contributed by atoms with E-state index in [4.69, 9.17) is 9.47 Å². The lowest BCUT2D eigenvalue weighted by molar-refractivity contribution is 0.100. The van der Waals surface area contributed by atoms with Gasteiger partial charge in [0.05, 0.1) is 18.9 Å². The van der Waals surface area contributed by atoms with E-state index in [2.05, 4.69) is 5.10 Å². The molecule has 0 spiro atoms. The first-order valence-electron chi connectivity index (χ1n) is 6.22. The van der Waals surface area contributed by atoms with E-state index in [9.17, 15) is 4.79 Å². The Morgan fingerprint density at radius 2 is 2.30 bits per heavy atom. The van der Waals surface area contributed by atoms with Crippen molar-refractivity contribution in [2.75, 3.05) is 13.7 Å². The van der Waals surface area contributed by atoms with E-state index in [1.54, 1.807) is 42.3 Å². The highest BCUT2D eigenvalue weighted by Crippen LogP contribution is 2.31. The maximum absolute atomic E-state index is 12.5. The summed E-state index contributed by atoms with van der Waals surface area (Å²) >= 11 is 0. The smallest absolute Gasteiger partial charge is 0.196 e. The number of carbonyl (C=O) groups excluding carboxylic acids is 1. The molecular formula is C15H14N2O3. The average Bonchev–Trinajstić information content (AvgIpc) is 2.87. The zero-order chi connectivity index (χ0) is 14.1. The minimum Gasteiger partial charge on any atom is -0.497 e. The number of ketones is 1. The van der Waals surface area contributed by atoms with E-state index in [1.807, 2.05) is 13.2 Å². The normalized spacial score (nSPS) is 15.9. The second kappa shape index (κ2) is 4.85. The molecule has 0 N–H and O–H groups in total. The largest absolute Gasteiger partial charge is 0.497 e. The van der Waals surface area contributed by atoms with Gasteiger partial charge in [0.25, 0.3) is 0 Å². The Balaban J connectivity index is 1.97. The number of carbonyl (C=O) groups is 1. The second-order valence-electron chi connectivity index (χ2n) is 4.60. The van der Waals surface area contributed by atoms with Crippen LogP contribution in [0.2, 0.25) is 0 Å². The van der Waals surface area contributed by atoms with Crippen molar-refractivity contribution >= 4 is 11.9 Å². The molecule has 0 unspecified atom stereocenters. The lowest BCUT2D eigenvalue weighted by atomic mass is 9.99. The number of Topliss-reactive ketones (excluding diaryl/α,β-unsaturated/α-hetero) is 1. The number of hydrogen-bond acceptors (Lipinski definition) is 4. The monoisotopic (exact) mass is 270 g/mol. The standard InChI is InChI=1S/C15H14N2O3/c1-17-8-10(7-16-17)5-11-9-20-14-4-3-12(19-2)6-13(14)15(11)18/h3-8H,9H2,1-2H3/b11-5-. The zero-order valence-electron chi connectivity index (χ0n) is 11.3. The van der Waals surface area contributed by atoms with Gasteiger partial charge in [0.15, 0.2) is 5.78 Å². The number of hydrogen-bond donors (Lipinski definition) is 0. The third kappa shape index (κ3) is 2.18. The molecule has 5 nitrogen and oxygen atoms in total. The van der Waals surface area contributed by atoms with Gasteiger partial charge in [-0.25, -0.2) is 0 Å². The van der Waals surface area contributed by atoms with Gasteiger partial charge in [-0.05, 0) is 24.3 Å².